The number of nitrogens with zero attached hydrogens (tertiary/aromatic N) is 2. The Morgan fingerprint density at radius 3 is 2.29 bits per heavy atom. The van der Waals surface area contributed by atoms with Gasteiger partial charge >= 0.3 is 0 Å². The van der Waals surface area contributed by atoms with E-state index in [9.17, 15) is 0 Å². The van der Waals surface area contributed by atoms with E-state index in [2.05, 4.69) is 10.3 Å². The van der Waals surface area contributed by atoms with Crippen molar-refractivity contribution in [1.29, 1.82) is 5.26 Å². The van der Waals surface area contributed by atoms with E-state index < -0.39 is 0 Å². The van der Waals surface area contributed by atoms with Crippen molar-refractivity contribution >= 4 is 34.6 Å². The number of benzene rings is 1. The van der Waals surface area contributed by atoms with Crippen LogP contribution >= 0.6 is 23.2 Å². The van der Waals surface area contributed by atoms with Crippen LogP contribution in [-0.4, -0.2) is 4.98 Å². The SMILES string of the molecule is N#Cc1ccc(Nc2cc(Cl)cc(Cl)c2)cn1. The van der Waals surface area contributed by atoms with Gasteiger partial charge in [-0.05, 0) is 30.3 Å². The van der Waals surface area contributed by atoms with E-state index in [0.717, 1.165) is 11.4 Å². The third-order valence-electron chi connectivity index (χ3n) is 2.03. The molecule has 0 atom stereocenters. The predicted molar refractivity (Wildman–Crippen MR) is 68.7 cm³/mol. The lowest BCUT2D eigenvalue weighted by atomic mass is 10.3. The first-order valence-corrected chi connectivity index (χ1v) is 5.52. The quantitative estimate of drug-likeness (QED) is 0.891. The highest BCUT2D eigenvalue weighted by atomic mass is 35.5. The number of nitriles is 1. The molecular formula is C12H7Cl2N3. The molecule has 0 aliphatic rings. The summed E-state index contributed by atoms with van der Waals surface area (Å²) >= 11 is 11.8. The van der Waals surface area contributed by atoms with Crippen molar-refractivity contribution in [3.63, 3.8) is 0 Å². The number of hydrogen-bond donors (Lipinski definition) is 1. The molecule has 0 unspecified atom stereocenters. The van der Waals surface area contributed by atoms with Gasteiger partial charge in [0, 0.05) is 15.7 Å². The molecule has 0 bridgehead atoms. The molecule has 2 aromatic rings. The molecular weight excluding hydrogens is 257 g/mol. The van der Waals surface area contributed by atoms with Crippen LogP contribution in [0, 0.1) is 11.3 Å². The number of rotatable bonds is 2. The molecule has 3 nitrogen and oxygen atoms in total. The van der Waals surface area contributed by atoms with Gasteiger partial charge in [0.15, 0.2) is 0 Å². The zero-order chi connectivity index (χ0) is 12.3. The average Bonchev–Trinajstić information content (AvgIpc) is 2.28. The summed E-state index contributed by atoms with van der Waals surface area (Å²) in [5.41, 5.74) is 1.91. The standard InChI is InChI=1S/C12H7Cl2N3/c13-8-3-9(14)5-12(4-8)17-11-2-1-10(6-15)16-7-11/h1-5,7,17H. The summed E-state index contributed by atoms with van der Waals surface area (Å²) in [7, 11) is 0. The summed E-state index contributed by atoms with van der Waals surface area (Å²) < 4.78 is 0. The molecule has 0 radical (unpaired) electrons. The van der Waals surface area contributed by atoms with Crippen LogP contribution in [0.2, 0.25) is 10.0 Å². The highest BCUT2D eigenvalue weighted by Crippen LogP contribution is 2.24. The smallest absolute Gasteiger partial charge is 0.140 e. The van der Waals surface area contributed by atoms with Crippen LogP contribution in [0.25, 0.3) is 0 Å². The van der Waals surface area contributed by atoms with Gasteiger partial charge in [0.1, 0.15) is 11.8 Å². The molecule has 0 fully saturated rings. The third-order valence-corrected chi connectivity index (χ3v) is 2.47. The van der Waals surface area contributed by atoms with Gasteiger partial charge in [-0.1, -0.05) is 23.2 Å². The molecule has 84 valence electrons. The fraction of sp³-hybridized carbons (Fsp3) is 0. The van der Waals surface area contributed by atoms with Crippen LogP contribution in [0.15, 0.2) is 36.5 Å². The lowest BCUT2D eigenvalue weighted by Crippen LogP contribution is -1.92. The summed E-state index contributed by atoms with van der Waals surface area (Å²) in [6.07, 6.45) is 1.58. The van der Waals surface area contributed by atoms with Gasteiger partial charge in [-0.2, -0.15) is 5.26 Å². The van der Waals surface area contributed by atoms with Crippen LogP contribution in [0.5, 0.6) is 0 Å². The zero-order valence-corrected chi connectivity index (χ0v) is 10.1. The Bertz CT molecular complexity index is 553. The summed E-state index contributed by atoms with van der Waals surface area (Å²) in [5, 5.41) is 12.8. The normalized spacial score (nSPS) is 9.71. The van der Waals surface area contributed by atoms with Gasteiger partial charge in [-0.25, -0.2) is 4.98 Å². The molecule has 0 aliphatic carbocycles. The Kier molecular flexibility index (Phi) is 3.48. The molecule has 1 aromatic carbocycles. The molecule has 17 heavy (non-hydrogen) atoms. The molecule has 1 aromatic heterocycles. The first kappa shape index (κ1) is 11.7. The molecule has 0 amide bonds. The number of halogens is 2. The molecule has 5 heteroatoms. The van der Waals surface area contributed by atoms with Crippen molar-refractivity contribution < 1.29 is 0 Å². The second kappa shape index (κ2) is 5.05. The Morgan fingerprint density at radius 1 is 1.06 bits per heavy atom. The highest BCUT2D eigenvalue weighted by molar-refractivity contribution is 6.35. The van der Waals surface area contributed by atoms with Crippen molar-refractivity contribution in [3.05, 3.63) is 52.3 Å². The van der Waals surface area contributed by atoms with E-state index in [4.69, 9.17) is 28.5 Å². The van der Waals surface area contributed by atoms with Crippen LogP contribution in [0.1, 0.15) is 5.69 Å². The van der Waals surface area contributed by atoms with Crippen LogP contribution in [-0.2, 0) is 0 Å². The van der Waals surface area contributed by atoms with Crippen molar-refractivity contribution in [2.75, 3.05) is 5.32 Å². The van der Waals surface area contributed by atoms with Gasteiger partial charge in [0.05, 0.1) is 11.9 Å². The van der Waals surface area contributed by atoms with Gasteiger partial charge in [0.25, 0.3) is 0 Å². The van der Waals surface area contributed by atoms with Gasteiger partial charge in [-0.15, -0.1) is 0 Å². The molecule has 1 heterocycles. The van der Waals surface area contributed by atoms with Gasteiger partial charge < -0.3 is 5.32 Å². The summed E-state index contributed by atoms with van der Waals surface area (Å²) in [6, 6.07) is 10.5. The maximum Gasteiger partial charge on any atom is 0.140 e. The minimum absolute atomic E-state index is 0.375. The average molecular weight is 264 g/mol. The first-order chi connectivity index (χ1) is 8.17. The minimum Gasteiger partial charge on any atom is -0.354 e. The zero-order valence-electron chi connectivity index (χ0n) is 8.61. The summed E-state index contributed by atoms with van der Waals surface area (Å²) in [4.78, 5) is 3.95. The lowest BCUT2D eigenvalue weighted by molar-refractivity contribution is 1.26. The summed E-state index contributed by atoms with van der Waals surface area (Å²) in [5.74, 6) is 0. The Hall–Kier alpha value is -1.76. The minimum atomic E-state index is 0.375. The molecule has 2 rings (SSSR count). The molecule has 0 aliphatic heterocycles. The molecule has 0 spiro atoms. The largest absolute Gasteiger partial charge is 0.354 e. The Morgan fingerprint density at radius 2 is 1.76 bits per heavy atom. The number of hydrogen-bond acceptors (Lipinski definition) is 3. The predicted octanol–water partition coefficient (Wildman–Crippen LogP) is 4.00. The number of pyridine rings is 1. The second-order valence-electron chi connectivity index (χ2n) is 3.33. The second-order valence-corrected chi connectivity index (χ2v) is 4.20. The third kappa shape index (κ3) is 3.10. The number of nitrogens with one attached hydrogen (secondary N) is 1. The van der Waals surface area contributed by atoms with Gasteiger partial charge in [0.2, 0.25) is 0 Å². The fourth-order valence-corrected chi connectivity index (χ4v) is 1.85. The topological polar surface area (TPSA) is 48.7 Å². The maximum atomic E-state index is 8.62. The van der Waals surface area contributed by atoms with Crippen molar-refractivity contribution in [2.24, 2.45) is 0 Å². The van der Waals surface area contributed by atoms with Crippen molar-refractivity contribution in [3.8, 4) is 6.07 Å². The highest BCUT2D eigenvalue weighted by Gasteiger charge is 1.99. The van der Waals surface area contributed by atoms with E-state index in [0.29, 0.717) is 15.7 Å². The van der Waals surface area contributed by atoms with E-state index in [1.165, 1.54) is 0 Å². The monoisotopic (exact) mass is 263 g/mol. The van der Waals surface area contributed by atoms with Crippen LogP contribution < -0.4 is 5.32 Å². The van der Waals surface area contributed by atoms with E-state index >= 15 is 0 Å². The number of aromatic nitrogens is 1. The van der Waals surface area contributed by atoms with Crippen LogP contribution in [0.3, 0.4) is 0 Å². The van der Waals surface area contributed by atoms with Crippen molar-refractivity contribution in [2.45, 2.75) is 0 Å². The first-order valence-electron chi connectivity index (χ1n) is 4.76. The summed E-state index contributed by atoms with van der Waals surface area (Å²) in [6.45, 7) is 0. The molecule has 0 saturated heterocycles. The van der Waals surface area contributed by atoms with Crippen LogP contribution in [0.4, 0.5) is 11.4 Å². The van der Waals surface area contributed by atoms with Crippen molar-refractivity contribution in [1.82, 2.24) is 4.98 Å². The van der Waals surface area contributed by atoms with E-state index in [1.54, 1.807) is 36.5 Å². The lowest BCUT2D eigenvalue weighted by Gasteiger charge is -2.06. The van der Waals surface area contributed by atoms with E-state index in [-0.39, 0.29) is 0 Å². The molecule has 1 N–H and O–H groups in total. The Balaban J connectivity index is 2.22. The Labute approximate surface area is 109 Å². The fourth-order valence-electron chi connectivity index (χ4n) is 1.33. The van der Waals surface area contributed by atoms with E-state index in [1.807, 2.05) is 6.07 Å². The number of anilines is 2. The maximum absolute atomic E-state index is 8.62. The van der Waals surface area contributed by atoms with Gasteiger partial charge in [-0.3, -0.25) is 0 Å². The molecule has 0 saturated carbocycles.